The van der Waals surface area contributed by atoms with Gasteiger partial charge >= 0.3 is 0 Å². The second-order valence-corrected chi connectivity index (χ2v) is 7.95. The first kappa shape index (κ1) is 15.3. The molecule has 21 heavy (non-hydrogen) atoms. The minimum atomic E-state index is 0.214. The standard InChI is InChI=1S/C18H32N2O/c1-4-14(3)17(21)20-12-18(13-20)10-16(11-18)19-8-6-15(5-2)7-9-19/h14-16H,4-13H2,1-3H3. The summed E-state index contributed by atoms with van der Waals surface area (Å²) in [5, 5.41) is 0. The van der Waals surface area contributed by atoms with Crippen molar-refractivity contribution in [2.45, 2.75) is 65.3 Å². The van der Waals surface area contributed by atoms with Gasteiger partial charge < -0.3 is 9.80 Å². The predicted molar refractivity (Wildman–Crippen MR) is 86.1 cm³/mol. The molecule has 120 valence electrons. The molecule has 1 unspecified atom stereocenters. The van der Waals surface area contributed by atoms with Gasteiger partial charge in [-0.25, -0.2) is 0 Å². The molecule has 3 heteroatoms. The number of likely N-dealkylation sites (tertiary alicyclic amines) is 2. The highest BCUT2D eigenvalue weighted by molar-refractivity contribution is 5.79. The van der Waals surface area contributed by atoms with E-state index >= 15 is 0 Å². The highest BCUT2D eigenvalue weighted by Crippen LogP contribution is 2.51. The Kier molecular flexibility index (Phi) is 4.31. The lowest BCUT2D eigenvalue weighted by Crippen LogP contribution is -2.68. The van der Waals surface area contributed by atoms with Crippen LogP contribution in [0.5, 0.6) is 0 Å². The van der Waals surface area contributed by atoms with E-state index in [1.807, 2.05) is 0 Å². The molecule has 3 nitrogen and oxygen atoms in total. The zero-order valence-corrected chi connectivity index (χ0v) is 14.1. The number of hydrogen-bond acceptors (Lipinski definition) is 2. The fraction of sp³-hybridized carbons (Fsp3) is 0.944. The molecule has 1 saturated carbocycles. The molecule has 3 fully saturated rings. The fourth-order valence-electron chi connectivity index (χ4n) is 4.59. The van der Waals surface area contributed by atoms with Crippen LogP contribution >= 0.6 is 0 Å². The molecule has 1 spiro atoms. The van der Waals surface area contributed by atoms with Crippen LogP contribution in [0.1, 0.15) is 59.3 Å². The van der Waals surface area contributed by atoms with Gasteiger partial charge in [0.05, 0.1) is 0 Å². The summed E-state index contributed by atoms with van der Waals surface area (Å²) < 4.78 is 0. The summed E-state index contributed by atoms with van der Waals surface area (Å²) in [6.45, 7) is 11.2. The molecular weight excluding hydrogens is 260 g/mol. The van der Waals surface area contributed by atoms with Gasteiger partial charge in [0.25, 0.3) is 0 Å². The van der Waals surface area contributed by atoms with Crippen molar-refractivity contribution in [2.24, 2.45) is 17.3 Å². The lowest BCUT2D eigenvalue weighted by Gasteiger charge is -2.62. The molecule has 0 radical (unpaired) electrons. The van der Waals surface area contributed by atoms with Crippen LogP contribution in [0, 0.1) is 17.3 Å². The number of carbonyl (C=O) groups excluding carboxylic acids is 1. The molecule has 2 aliphatic heterocycles. The van der Waals surface area contributed by atoms with Crippen molar-refractivity contribution in [3.8, 4) is 0 Å². The number of rotatable bonds is 4. The minimum absolute atomic E-state index is 0.214. The molecule has 2 saturated heterocycles. The monoisotopic (exact) mass is 292 g/mol. The number of carbonyl (C=O) groups is 1. The van der Waals surface area contributed by atoms with Gasteiger partial charge in [0.2, 0.25) is 5.91 Å². The van der Waals surface area contributed by atoms with Gasteiger partial charge in [-0.2, -0.15) is 0 Å². The van der Waals surface area contributed by atoms with Gasteiger partial charge in [-0.05, 0) is 51.1 Å². The Hall–Kier alpha value is -0.570. The Morgan fingerprint density at radius 2 is 1.81 bits per heavy atom. The van der Waals surface area contributed by atoms with Crippen molar-refractivity contribution in [2.75, 3.05) is 26.2 Å². The maximum atomic E-state index is 12.2. The highest BCUT2D eigenvalue weighted by atomic mass is 16.2. The molecule has 0 bridgehead atoms. The number of amides is 1. The van der Waals surface area contributed by atoms with E-state index in [2.05, 4.69) is 30.6 Å². The molecule has 0 aromatic rings. The molecule has 1 aliphatic carbocycles. The van der Waals surface area contributed by atoms with E-state index in [-0.39, 0.29) is 5.92 Å². The average molecular weight is 292 g/mol. The number of piperidine rings is 1. The summed E-state index contributed by atoms with van der Waals surface area (Å²) in [4.78, 5) is 17.0. The minimum Gasteiger partial charge on any atom is -0.341 e. The van der Waals surface area contributed by atoms with Gasteiger partial charge in [-0.3, -0.25) is 4.79 Å². The smallest absolute Gasteiger partial charge is 0.225 e. The van der Waals surface area contributed by atoms with Crippen LogP contribution in [0.2, 0.25) is 0 Å². The maximum Gasteiger partial charge on any atom is 0.225 e. The van der Waals surface area contributed by atoms with Crippen molar-refractivity contribution < 1.29 is 4.79 Å². The molecule has 1 amide bonds. The summed E-state index contributed by atoms with van der Waals surface area (Å²) in [5.74, 6) is 1.57. The van der Waals surface area contributed by atoms with Crippen LogP contribution in [-0.4, -0.2) is 47.9 Å². The summed E-state index contributed by atoms with van der Waals surface area (Å²) in [6, 6.07) is 0.823. The van der Waals surface area contributed by atoms with Crippen LogP contribution < -0.4 is 0 Å². The normalized spacial score (nSPS) is 28.2. The third kappa shape index (κ3) is 2.86. The summed E-state index contributed by atoms with van der Waals surface area (Å²) in [6.07, 6.45) is 7.81. The van der Waals surface area contributed by atoms with Gasteiger partial charge in [0.1, 0.15) is 0 Å². The molecule has 0 N–H and O–H groups in total. The zero-order valence-electron chi connectivity index (χ0n) is 14.1. The Bertz CT molecular complexity index is 373. The van der Waals surface area contributed by atoms with Gasteiger partial charge in [0.15, 0.2) is 0 Å². The van der Waals surface area contributed by atoms with E-state index in [1.165, 1.54) is 45.2 Å². The molecular formula is C18H32N2O. The maximum absolute atomic E-state index is 12.2. The van der Waals surface area contributed by atoms with Crippen LogP contribution in [0.3, 0.4) is 0 Å². The first-order valence-corrected chi connectivity index (χ1v) is 9.09. The van der Waals surface area contributed by atoms with Crippen LogP contribution in [-0.2, 0) is 4.79 Å². The second kappa shape index (κ2) is 5.91. The summed E-state index contributed by atoms with van der Waals surface area (Å²) in [5.41, 5.74) is 0.509. The molecule has 0 aromatic carbocycles. The van der Waals surface area contributed by atoms with Crippen molar-refractivity contribution in [1.82, 2.24) is 9.80 Å². The van der Waals surface area contributed by atoms with Gasteiger partial charge in [0, 0.05) is 30.5 Å². The van der Waals surface area contributed by atoms with E-state index in [1.54, 1.807) is 0 Å². The van der Waals surface area contributed by atoms with Crippen molar-refractivity contribution in [1.29, 1.82) is 0 Å². The molecule has 0 aromatic heterocycles. The van der Waals surface area contributed by atoms with E-state index in [0.29, 0.717) is 11.3 Å². The third-order valence-electron chi connectivity index (χ3n) is 6.48. The Morgan fingerprint density at radius 3 is 2.33 bits per heavy atom. The van der Waals surface area contributed by atoms with Crippen molar-refractivity contribution >= 4 is 5.91 Å². The van der Waals surface area contributed by atoms with E-state index in [0.717, 1.165) is 31.5 Å². The fourth-order valence-corrected chi connectivity index (χ4v) is 4.59. The first-order chi connectivity index (χ1) is 10.1. The Labute approximate surface area is 130 Å². The SMILES string of the molecule is CCC1CCN(C2CC3(C2)CN(C(=O)C(C)CC)C3)CC1. The van der Waals surface area contributed by atoms with Crippen LogP contribution in [0.15, 0.2) is 0 Å². The number of hydrogen-bond donors (Lipinski definition) is 0. The van der Waals surface area contributed by atoms with Crippen LogP contribution in [0.4, 0.5) is 0 Å². The van der Waals surface area contributed by atoms with E-state index < -0.39 is 0 Å². The lowest BCUT2D eigenvalue weighted by atomic mass is 9.59. The molecule has 3 aliphatic rings. The summed E-state index contributed by atoms with van der Waals surface area (Å²) >= 11 is 0. The van der Waals surface area contributed by atoms with Gasteiger partial charge in [-0.1, -0.05) is 27.2 Å². The number of nitrogens with zero attached hydrogens (tertiary/aromatic N) is 2. The molecule has 1 atom stereocenters. The molecule has 3 rings (SSSR count). The first-order valence-electron chi connectivity index (χ1n) is 9.09. The Morgan fingerprint density at radius 1 is 1.19 bits per heavy atom. The van der Waals surface area contributed by atoms with Crippen molar-refractivity contribution in [3.05, 3.63) is 0 Å². The quantitative estimate of drug-likeness (QED) is 0.794. The summed E-state index contributed by atoms with van der Waals surface area (Å²) in [7, 11) is 0. The molecule has 2 heterocycles. The largest absolute Gasteiger partial charge is 0.341 e. The zero-order chi connectivity index (χ0) is 15.0. The second-order valence-electron chi connectivity index (χ2n) is 7.95. The predicted octanol–water partition coefficient (Wildman–Crippen LogP) is 3.15. The van der Waals surface area contributed by atoms with Crippen LogP contribution in [0.25, 0.3) is 0 Å². The van der Waals surface area contributed by atoms with Crippen molar-refractivity contribution in [3.63, 3.8) is 0 Å². The topological polar surface area (TPSA) is 23.6 Å². The van der Waals surface area contributed by atoms with E-state index in [4.69, 9.17) is 0 Å². The average Bonchev–Trinajstić information content (AvgIpc) is 2.43. The Balaban J connectivity index is 1.40. The third-order valence-corrected chi connectivity index (χ3v) is 6.48. The lowest BCUT2D eigenvalue weighted by molar-refractivity contribution is -0.161. The van der Waals surface area contributed by atoms with Gasteiger partial charge in [-0.15, -0.1) is 0 Å². The highest BCUT2D eigenvalue weighted by Gasteiger charge is 2.55. The van der Waals surface area contributed by atoms with E-state index in [9.17, 15) is 4.79 Å².